The van der Waals surface area contributed by atoms with E-state index in [4.69, 9.17) is 5.73 Å². The van der Waals surface area contributed by atoms with Crippen LogP contribution in [0.1, 0.15) is 37.3 Å². The Hall–Kier alpha value is -1.39. The van der Waals surface area contributed by atoms with Crippen LogP contribution in [0.2, 0.25) is 0 Å². The maximum absolute atomic E-state index is 9.34. The molecule has 0 radical (unpaired) electrons. The number of fused-ring (bicyclic) bond motifs is 1. The highest BCUT2D eigenvalue weighted by Crippen LogP contribution is 2.20. The van der Waals surface area contributed by atoms with E-state index in [1.807, 2.05) is 13.3 Å². The van der Waals surface area contributed by atoms with Crippen LogP contribution in [0.5, 0.6) is 0 Å². The lowest BCUT2D eigenvalue weighted by Crippen LogP contribution is -2.43. The van der Waals surface area contributed by atoms with Gasteiger partial charge in [-0.1, -0.05) is 6.92 Å². The van der Waals surface area contributed by atoms with Gasteiger partial charge in [-0.3, -0.25) is 0 Å². The van der Waals surface area contributed by atoms with Crippen LogP contribution in [-0.4, -0.2) is 26.8 Å². The molecule has 0 spiro atoms. The first-order chi connectivity index (χ1) is 9.49. The molecule has 0 aliphatic rings. The van der Waals surface area contributed by atoms with Crippen LogP contribution in [0.25, 0.3) is 11.0 Å². The second-order valence-electron chi connectivity index (χ2n) is 5.84. The number of imidazole rings is 1. The lowest BCUT2D eigenvalue weighted by atomic mass is 9.93. The summed E-state index contributed by atoms with van der Waals surface area (Å²) >= 11 is 0. The molecule has 3 N–H and O–H groups in total. The average Bonchev–Trinajstić information content (AvgIpc) is 2.82. The fourth-order valence-corrected chi connectivity index (χ4v) is 2.46. The highest BCUT2D eigenvalue weighted by molar-refractivity contribution is 5.77. The Morgan fingerprint density at radius 2 is 2.00 bits per heavy atom. The highest BCUT2D eigenvalue weighted by Gasteiger charge is 2.20. The summed E-state index contributed by atoms with van der Waals surface area (Å²) in [4.78, 5) is 4.46. The number of aryl methyl sites for hydroxylation is 3. The van der Waals surface area contributed by atoms with Gasteiger partial charge in [-0.05, 0) is 56.4 Å². The Morgan fingerprint density at radius 1 is 1.30 bits per heavy atom. The van der Waals surface area contributed by atoms with E-state index in [0.717, 1.165) is 31.3 Å². The minimum absolute atomic E-state index is 0.0481. The van der Waals surface area contributed by atoms with Gasteiger partial charge >= 0.3 is 0 Å². The fraction of sp³-hybridized carbons (Fsp3) is 0.562. The van der Waals surface area contributed by atoms with Gasteiger partial charge in [-0.2, -0.15) is 0 Å². The van der Waals surface area contributed by atoms with Crippen molar-refractivity contribution in [2.75, 3.05) is 6.61 Å². The van der Waals surface area contributed by atoms with Gasteiger partial charge in [-0.25, -0.2) is 4.98 Å². The number of aliphatic hydroxyl groups excluding tert-OH is 1. The van der Waals surface area contributed by atoms with E-state index >= 15 is 0 Å². The van der Waals surface area contributed by atoms with Crippen LogP contribution < -0.4 is 5.73 Å². The van der Waals surface area contributed by atoms with Crippen LogP contribution in [0.3, 0.4) is 0 Å². The van der Waals surface area contributed by atoms with E-state index in [-0.39, 0.29) is 6.61 Å². The molecule has 1 heterocycles. The summed E-state index contributed by atoms with van der Waals surface area (Å²) in [7, 11) is 0. The van der Waals surface area contributed by atoms with Crippen molar-refractivity contribution in [3.05, 3.63) is 29.6 Å². The Balaban J connectivity index is 2.09. The number of rotatable bonds is 6. The zero-order valence-electron chi connectivity index (χ0n) is 12.7. The highest BCUT2D eigenvalue weighted by atomic mass is 16.3. The van der Waals surface area contributed by atoms with Crippen LogP contribution in [-0.2, 0) is 6.54 Å². The van der Waals surface area contributed by atoms with Gasteiger partial charge in [0.05, 0.1) is 24.0 Å². The molecule has 1 aromatic carbocycles. The molecule has 0 saturated carbocycles. The molecule has 0 aliphatic heterocycles. The molecule has 2 aromatic rings. The topological polar surface area (TPSA) is 64.1 Å². The van der Waals surface area contributed by atoms with Gasteiger partial charge < -0.3 is 15.4 Å². The molecule has 4 nitrogen and oxygen atoms in total. The van der Waals surface area contributed by atoms with E-state index in [9.17, 15) is 5.11 Å². The summed E-state index contributed by atoms with van der Waals surface area (Å²) in [5.41, 5.74) is 10.5. The maximum Gasteiger partial charge on any atom is 0.0958 e. The molecule has 0 bridgehead atoms. The number of benzene rings is 1. The number of nitrogens with zero attached hydrogens (tertiary/aromatic N) is 2. The van der Waals surface area contributed by atoms with Crippen molar-refractivity contribution in [2.24, 2.45) is 5.73 Å². The standard InChI is InChI=1S/C16H25N3O/c1-4-16(17,10-20)6-5-7-19-11-18-14-8-12(2)13(3)9-15(14)19/h8-9,11,20H,4-7,10,17H2,1-3H3. The normalized spacial score (nSPS) is 14.7. The predicted octanol–water partition coefficient (Wildman–Crippen LogP) is 2.53. The Bertz CT molecular complexity index is 585. The molecule has 0 fully saturated rings. The summed E-state index contributed by atoms with van der Waals surface area (Å²) in [5, 5.41) is 9.34. The lowest BCUT2D eigenvalue weighted by molar-refractivity contribution is 0.179. The molecule has 2 rings (SSSR count). The number of hydrogen-bond donors (Lipinski definition) is 2. The number of nitrogens with two attached hydrogens (primary N) is 1. The van der Waals surface area contributed by atoms with E-state index in [1.54, 1.807) is 0 Å². The zero-order valence-corrected chi connectivity index (χ0v) is 12.7. The molecular formula is C16H25N3O. The summed E-state index contributed by atoms with van der Waals surface area (Å²) in [6.45, 7) is 7.19. The molecule has 0 saturated heterocycles. The van der Waals surface area contributed by atoms with E-state index in [0.29, 0.717) is 0 Å². The molecular weight excluding hydrogens is 250 g/mol. The Kier molecular flexibility index (Phi) is 4.45. The van der Waals surface area contributed by atoms with Gasteiger partial charge in [0.1, 0.15) is 0 Å². The summed E-state index contributed by atoms with van der Waals surface area (Å²) in [5.74, 6) is 0. The molecule has 110 valence electrons. The number of hydrogen-bond acceptors (Lipinski definition) is 3. The van der Waals surface area contributed by atoms with E-state index in [1.165, 1.54) is 16.6 Å². The molecule has 20 heavy (non-hydrogen) atoms. The van der Waals surface area contributed by atoms with Crippen LogP contribution >= 0.6 is 0 Å². The van der Waals surface area contributed by atoms with Gasteiger partial charge in [-0.15, -0.1) is 0 Å². The number of aromatic nitrogens is 2. The molecule has 4 heteroatoms. The third-order valence-electron chi connectivity index (χ3n) is 4.33. The molecule has 0 amide bonds. The minimum atomic E-state index is -0.442. The van der Waals surface area contributed by atoms with Crippen LogP contribution in [0.4, 0.5) is 0 Å². The largest absolute Gasteiger partial charge is 0.394 e. The molecule has 1 atom stereocenters. The van der Waals surface area contributed by atoms with Crippen molar-refractivity contribution >= 4 is 11.0 Å². The maximum atomic E-state index is 9.34. The van der Waals surface area contributed by atoms with E-state index < -0.39 is 5.54 Å². The fourth-order valence-electron chi connectivity index (χ4n) is 2.46. The second kappa shape index (κ2) is 5.94. The first kappa shape index (κ1) is 15.0. The van der Waals surface area contributed by atoms with Gasteiger partial charge in [0.25, 0.3) is 0 Å². The van der Waals surface area contributed by atoms with Gasteiger partial charge in [0.2, 0.25) is 0 Å². The van der Waals surface area contributed by atoms with Crippen molar-refractivity contribution in [1.29, 1.82) is 0 Å². The van der Waals surface area contributed by atoms with Crippen molar-refractivity contribution in [3.8, 4) is 0 Å². The average molecular weight is 275 g/mol. The lowest BCUT2D eigenvalue weighted by Gasteiger charge is -2.25. The summed E-state index contributed by atoms with van der Waals surface area (Å²) < 4.78 is 2.18. The summed E-state index contributed by atoms with van der Waals surface area (Å²) in [6.07, 6.45) is 4.47. The quantitative estimate of drug-likeness (QED) is 0.851. The summed E-state index contributed by atoms with van der Waals surface area (Å²) in [6, 6.07) is 4.33. The van der Waals surface area contributed by atoms with Crippen molar-refractivity contribution in [1.82, 2.24) is 9.55 Å². The third-order valence-corrected chi connectivity index (χ3v) is 4.33. The first-order valence-electron chi connectivity index (χ1n) is 7.31. The zero-order chi connectivity index (χ0) is 14.8. The molecule has 0 aliphatic carbocycles. The predicted molar refractivity (Wildman–Crippen MR) is 82.7 cm³/mol. The van der Waals surface area contributed by atoms with Crippen molar-refractivity contribution in [2.45, 2.75) is 52.1 Å². The van der Waals surface area contributed by atoms with Crippen molar-refractivity contribution < 1.29 is 5.11 Å². The monoisotopic (exact) mass is 275 g/mol. The first-order valence-corrected chi connectivity index (χ1v) is 7.31. The second-order valence-corrected chi connectivity index (χ2v) is 5.84. The van der Waals surface area contributed by atoms with Crippen molar-refractivity contribution in [3.63, 3.8) is 0 Å². The van der Waals surface area contributed by atoms with Gasteiger partial charge in [0, 0.05) is 12.1 Å². The van der Waals surface area contributed by atoms with Crippen LogP contribution in [0, 0.1) is 13.8 Å². The smallest absolute Gasteiger partial charge is 0.0958 e. The number of aliphatic hydroxyl groups is 1. The Morgan fingerprint density at radius 3 is 2.65 bits per heavy atom. The molecule has 1 unspecified atom stereocenters. The Labute approximate surface area is 120 Å². The minimum Gasteiger partial charge on any atom is -0.394 e. The van der Waals surface area contributed by atoms with Crippen LogP contribution in [0.15, 0.2) is 18.5 Å². The third kappa shape index (κ3) is 3.02. The SMILES string of the molecule is CCC(N)(CO)CCCn1cnc2cc(C)c(C)cc21. The van der Waals surface area contributed by atoms with Gasteiger partial charge in [0.15, 0.2) is 0 Å². The molecule has 1 aromatic heterocycles. The van der Waals surface area contributed by atoms with E-state index in [2.05, 4.69) is 35.5 Å².